The van der Waals surface area contributed by atoms with Crippen molar-refractivity contribution in [3.8, 4) is 5.75 Å². The van der Waals surface area contributed by atoms with E-state index in [2.05, 4.69) is 0 Å². The van der Waals surface area contributed by atoms with E-state index in [-0.39, 0.29) is 18.1 Å². The van der Waals surface area contributed by atoms with E-state index in [1.165, 1.54) is 0 Å². The summed E-state index contributed by atoms with van der Waals surface area (Å²) in [5.74, 6) is 0.104. The van der Waals surface area contributed by atoms with E-state index in [1.807, 2.05) is 6.92 Å². The maximum absolute atomic E-state index is 11.9. The van der Waals surface area contributed by atoms with E-state index in [0.717, 1.165) is 12.8 Å². The Bertz CT molecular complexity index is 438. The number of para-hydroxylation sites is 1. The summed E-state index contributed by atoms with van der Waals surface area (Å²) in [7, 11) is 0. The van der Waals surface area contributed by atoms with E-state index in [1.54, 1.807) is 29.2 Å². The molecule has 0 radical (unpaired) electrons. The van der Waals surface area contributed by atoms with Gasteiger partial charge in [0.1, 0.15) is 5.75 Å². The number of benzene rings is 1. The first-order chi connectivity index (χ1) is 8.54. The molecule has 1 fully saturated rings. The molecule has 0 bridgehead atoms. The van der Waals surface area contributed by atoms with Crippen LogP contribution in [0.5, 0.6) is 5.75 Å². The fraction of sp³-hybridized carbons (Fsp3) is 0.500. The van der Waals surface area contributed by atoms with Crippen LogP contribution in [0.2, 0.25) is 0 Å². The average molecular weight is 249 g/mol. The second-order valence-corrected chi connectivity index (χ2v) is 5.03. The van der Waals surface area contributed by atoms with E-state index < -0.39 is 5.60 Å². The molecule has 1 aromatic rings. The molecule has 0 unspecified atom stereocenters. The Hall–Kier alpha value is -1.55. The molecule has 2 N–H and O–H groups in total. The third-order valence-electron chi connectivity index (χ3n) is 3.37. The lowest BCUT2D eigenvalue weighted by Crippen LogP contribution is -2.63. The molecular formula is C14H19NO3. The summed E-state index contributed by atoms with van der Waals surface area (Å²) in [6.45, 7) is 2.84. The average Bonchev–Trinajstić information content (AvgIpc) is 2.29. The van der Waals surface area contributed by atoms with E-state index in [9.17, 15) is 15.0 Å². The van der Waals surface area contributed by atoms with E-state index >= 15 is 0 Å². The summed E-state index contributed by atoms with van der Waals surface area (Å²) in [5.41, 5.74) is -0.0585. The maximum Gasteiger partial charge on any atom is 0.227 e. The highest BCUT2D eigenvalue weighted by molar-refractivity contribution is 5.80. The van der Waals surface area contributed by atoms with Crippen molar-refractivity contribution in [2.45, 2.75) is 31.8 Å². The monoisotopic (exact) mass is 249 g/mol. The van der Waals surface area contributed by atoms with Gasteiger partial charge in [-0.1, -0.05) is 31.5 Å². The first-order valence-corrected chi connectivity index (χ1v) is 6.31. The first-order valence-electron chi connectivity index (χ1n) is 6.31. The molecule has 4 nitrogen and oxygen atoms in total. The van der Waals surface area contributed by atoms with Crippen LogP contribution in [-0.4, -0.2) is 39.7 Å². The highest BCUT2D eigenvalue weighted by Gasteiger charge is 2.42. The quantitative estimate of drug-likeness (QED) is 0.845. The standard InChI is InChI=1S/C14H19NO3/c1-2-7-14(18)9-15(10-14)13(17)8-11-5-3-4-6-12(11)16/h3-6,16,18H,2,7-10H2,1H3. The lowest BCUT2D eigenvalue weighted by atomic mass is 9.89. The minimum atomic E-state index is -0.691. The van der Waals surface area contributed by atoms with Crippen molar-refractivity contribution in [3.63, 3.8) is 0 Å². The number of β-amino-alcohol motifs (C(OH)–C–C–N with tert-alkyl or cyclic N) is 1. The van der Waals surface area contributed by atoms with Crippen LogP contribution in [0.15, 0.2) is 24.3 Å². The molecule has 0 spiro atoms. The number of carbonyl (C=O) groups excluding carboxylic acids is 1. The number of hydrogen-bond donors (Lipinski definition) is 2. The highest BCUT2D eigenvalue weighted by atomic mass is 16.3. The van der Waals surface area contributed by atoms with Gasteiger partial charge in [0.2, 0.25) is 5.91 Å². The molecule has 0 aromatic heterocycles. The molecule has 4 heteroatoms. The molecule has 0 atom stereocenters. The number of aromatic hydroxyl groups is 1. The Morgan fingerprint density at radius 1 is 1.39 bits per heavy atom. The maximum atomic E-state index is 11.9. The van der Waals surface area contributed by atoms with Crippen molar-refractivity contribution in [3.05, 3.63) is 29.8 Å². The van der Waals surface area contributed by atoms with Crippen LogP contribution >= 0.6 is 0 Å². The van der Waals surface area contributed by atoms with Crippen LogP contribution in [0.4, 0.5) is 0 Å². The smallest absolute Gasteiger partial charge is 0.227 e. The van der Waals surface area contributed by atoms with Gasteiger partial charge in [0, 0.05) is 5.56 Å². The number of aliphatic hydroxyl groups is 1. The van der Waals surface area contributed by atoms with Crippen LogP contribution < -0.4 is 0 Å². The molecule has 0 saturated carbocycles. The molecule has 98 valence electrons. The van der Waals surface area contributed by atoms with Gasteiger partial charge in [-0.3, -0.25) is 4.79 Å². The van der Waals surface area contributed by atoms with Gasteiger partial charge in [-0.25, -0.2) is 0 Å². The number of hydrogen-bond acceptors (Lipinski definition) is 3. The molecule has 1 saturated heterocycles. The first kappa shape index (κ1) is 12.9. The molecule has 1 aromatic carbocycles. The van der Waals surface area contributed by atoms with Gasteiger partial charge in [0.05, 0.1) is 25.1 Å². The van der Waals surface area contributed by atoms with Gasteiger partial charge >= 0.3 is 0 Å². The molecular weight excluding hydrogens is 230 g/mol. The highest BCUT2D eigenvalue weighted by Crippen LogP contribution is 2.27. The number of amides is 1. The normalized spacial score (nSPS) is 17.3. The molecule has 1 aliphatic heterocycles. The van der Waals surface area contributed by atoms with Crippen LogP contribution in [0.3, 0.4) is 0 Å². The Morgan fingerprint density at radius 2 is 2.06 bits per heavy atom. The fourth-order valence-corrected chi connectivity index (χ4v) is 2.40. The Labute approximate surface area is 107 Å². The van der Waals surface area contributed by atoms with Crippen LogP contribution in [0, 0.1) is 0 Å². The Morgan fingerprint density at radius 3 is 2.67 bits per heavy atom. The molecule has 1 heterocycles. The minimum Gasteiger partial charge on any atom is -0.508 e. The SMILES string of the molecule is CCCC1(O)CN(C(=O)Cc2ccccc2O)C1. The number of phenols is 1. The second-order valence-electron chi connectivity index (χ2n) is 5.03. The van der Waals surface area contributed by atoms with Gasteiger partial charge in [0.25, 0.3) is 0 Å². The number of carbonyl (C=O) groups is 1. The molecule has 1 amide bonds. The lowest BCUT2D eigenvalue weighted by Gasteiger charge is -2.46. The van der Waals surface area contributed by atoms with E-state index in [0.29, 0.717) is 18.7 Å². The van der Waals surface area contributed by atoms with Gasteiger partial charge in [-0.2, -0.15) is 0 Å². The summed E-state index contributed by atoms with van der Waals surface area (Å²) in [6, 6.07) is 6.84. The zero-order valence-corrected chi connectivity index (χ0v) is 10.6. The number of nitrogens with zero attached hydrogens (tertiary/aromatic N) is 1. The van der Waals surface area contributed by atoms with Crippen molar-refractivity contribution in [1.82, 2.24) is 4.90 Å². The third kappa shape index (κ3) is 2.64. The third-order valence-corrected chi connectivity index (χ3v) is 3.37. The van der Waals surface area contributed by atoms with Crippen molar-refractivity contribution in [2.24, 2.45) is 0 Å². The van der Waals surface area contributed by atoms with Crippen molar-refractivity contribution >= 4 is 5.91 Å². The van der Waals surface area contributed by atoms with Crippen molar-refractivity contribution in [2.75, 3.05) is 13.1 Å². The Balaban J connectivity index is 1.90. The number of rotatable bonds is 4. The minimum absolute atomic E-state index is 0.0442. The molecule has 1 aliphatic rings. The molecule has 18 heavy (non-hydrogen) atoms. The second kappa shape index (κ2) is 4.98. The number of phenolic OH excluding ortho intramolecular Hbond substituents is 1. The molecule has 0 aliphatic carbocycles. The topological polar surface area (TPSA) is 60.8 Å². The van der Waals surface area contributed by atoms with Gasteiger partial charge < -0.3 is 15.1 Å². The summed E-state index contributed by atoms with van der Waals surface area (Å²) in [4.78, 5) is 13.6. The summed E-state index contributed by atoms with van der Waals surface area (Å²) >= 11 is 0. The lowest BCUT2D eigenvalue weighted by molar-refractivity contribution is -0.155. The van der Waals surface area contributed by atoms with Gasteiger partial charge in [-0.05, 0) is 12.5 Å². The van der Waals surface area contributed by atoms with Crippen LogP contribution in [0.25, 0.3) is 0 Å². The zero-order valence-electron chi connectivity index (χ0n) is 10.6. The Kier molecular flexibility index (Phi) is 3.57. The van der Waals surface area contributed by atoms with Crippen molar-refractivity contribution in [1.29, 1.82) is 0 Å². The summed E-state index contributed by atoms with van der Waals surface area (Å²) in [6.07, 6.45) is 1.83. The fourth-order valence-electron chi connectivity index (χ4n) is 2.40. The van der Waals surface area contributed by atoms with Crippen molar-refractivity contribution < 1.29 is 15.0 Å². The van der Waals surface area contributed by atoms with Crippen LogP contribution in [-0.2, 0) is 11.2 Å². The predicted octanol–water partition coefficient (Wildman–Crippen LogP) is 1.31. The predicted molar refractivity (Wildman–Crippen MR) is 68.2 cm³/mol. The summed E-state index contributed by atoms with van der Waals surface area (Å²) in [5, 5.41) is 19.6. The van der Waals surface area contributed by atoms with Crippen LogP contribution in [0.1, 0.15) is 25.3 Å². The number of likely N-dealkylation sites (tertiary alicyclic amines) is 1. The van der Waals surface area contributed by atoms with Gasteiger partial charge in [0.15, 0.2) is 0 Å². The summed E-state index contributed by atoms with van der Waals surface area (Å²) < 4.78 is 0. The van der Waals surface area contributed by atoms with E-state index in [4.69, 9.17) is 0 Å². The van der Waals surface area contributed by atoms with Gasteiger partial charge in [-0.15, -0.1) is 0 Å². The largest absolute Gasteiger partial charge is 0.508 e. The molecule has 2 rings (SSSR count). The zero-order chi connectivity index (χ0) is 13.2.